The van der Waals surface area contributed by atoms with Gasteiger partial charge < -0.3 is 9.64 Å². The van der Waals surface area contributed by atoms with Crippen molar-refractivity contribution in [2.75, 3.05) is 34.4 Å². The number of likely N-dealkylation sites (N-methyl/N-ethyl adjacent to an activating group) is 1. The predicted octanol–water partition coefficient (Wildman–Crippen LogP) is 0.347. The molecule has 52 valence electrons. The van der Waals surface area contributed by atoms with E-state index >= 15 is 0 Å². The van der Waals surface area contributed by atoms with Gasteiger partial charge in [-0.05, 0) is 14.1 Å². The molecule has 0 aromatic carbocycles. The molecule has 0 aliphatic carbocycles. The van der Waals surface area contributed by atoms with Crippen LogP contribution in [0, 0.1) is 0 Å². The summed E-state index contributed by atoms with van der Waals surface area (Å²) in [4.78, 5) is 2.09. The Labute approximate surface area is 49.8 Å². The van der Waals surface area contributed by atoms with Crippen LogP contribution < -0.4 is 0 Å². The lowest BCUT2D eigenvalue weighted by Gasteiger charge is -2.06. The normalized spacial score (nSPS) is 9.00. The van der Waals surface area contributed by atoms with E-state index in [1.807, 2.05) is 14.1 Å². The summed E-state index contributed by atoms with van der Waals surface area (Å²) in [7, 11) is 5.77. The maximum Gasteiger partial charge on any atom is 0.0589 e. The van der Waals surface area contributed by atoms with Crippen LogP contribution in [0.4, 0.5) is 4.70 Å². The van der Waals surface area contributed by atoms with Crippen LogP contribution >= 0.6 is 0 Å². The van der Waals surface area contributed by atoms with Gasteiger partial charge in [-0.2, -0.15) is 0 Å². The first-order valence-corrected chi connectivity index (χ1v) is 2.41. The number of hydrogen-bond donors (Lipinski definition) is 0. The molecule has 0 aliphatic heterocycles. The smallest absolute Gasteiger partial charge is 0.0589 e. The largest absolute Gasteiger partial charge is 0.383 e. The van der Waals surface area contributed by atoms with Crippen LogP contribution in [0.15, 0.2) is 0 Å². The van der Waals surface area contributed by atoms with E-state index in [1.165, 1.54) is 0 Å². The summed E-state index contributed by atoms with van der Waals surface area (Å²) in [5, 5.41) is 0. The summed E-state index contributed by atoms with van der Waals surface area (Å²) in [6, 6.07) is 0. The van der Waals surface area contributed by atoms with Crippen molar-refractivity contribution < 1.29 is 9.44 Å². The second-order valence-corrected chi connectivity index (χ2v) is 1.80. The minimum atomic E-state index is 0. The van der Waals surface area contributed by atoms with Gasteiger partial charge in [0.05, 0.1) is 6.61 Å². The molecule has 2 nitrogen and oxygen atoms in total. The van der Waals surface area contributed by atoms with Crippen molar-refractivity contribution in [2.24, 2.45) is 0 Å². The second-order valence-electron chi connectivity index (χ2n) is 1.80. The van der Waals surface area contributed by atoms with Gasteiger partial charge in [-0.3, -0.25) is 4.70 Å². The SMILES string of the molecule is COCCN(C)C.F. The maximum atomic E-state index is 4.81. The van der Waals surface area contributed by atoms with E-state index in [-0.39, 0.29) is 4.70 Å². The van der Waals surface area contributed by atoms with E-state index < -0.39 is 0 Å². The molecule has 0 unspecified atom stereocenters. The molecule has 0 aromatic rings. The first kappa shape index (κ1) is 10.8. The van der Waals surface area contributed by atoms with E-state index in [9.17, 15) is 0 Å². The third-order valence-electron chi connectivity index (χ3n) is 0.743. The molecule has 0 saturated carbocycles. The van der Waals surface area contributed by atoms with Crippen LogP contribution in [0.3, 0.4) is 0 Å². The number of nitrogens with zero attached hydrogens (tertiary/aromatic N) is 1. The summed E-state index contributed by atoms with van der Waals surface area (Å²) >= 11 is 0. The summed E-state index contributed by atoms with van der Waals surface area (Å²) in [6.07, 6.45) is 0. The minimum Gasteiger partial charge on any atom is -0.383 e. The highest BCUT2D eigenvalue weighted by atomic mass is 19.0. The Morgan fingerprint density at radius 1 is 1.38 bits per heavy atom. The molecule has 0 radical (unpaired) electrons. The van der Waals surface area contributed by atoms with Crippen molar-refractivity contribution in [2.45, 2.75) is 0 Å². The quantitative estimate of drug-likeness (QED) is 0.537. The van der Waals surface area contributed by atoms with E-state index in [0.29, 0.717) is 0 Å². The van der Waals surface area contributed by atoms with Gasteiger partial charge in [0.2, 0.25) is 0 Å². The molecule has 8 heavy (non-hydrogen) atoms. The van der Waals surface area contributed by atoms with E-state index in [2.05, 4.69) is 4.90 Å². The van der Waals surface area contributed by atoms with Crippen LogP contribution in [0.1, 0.15) is 0 Å². The number of hydrogen-bond acceptors (Lipinski definition) is 2. The van der Waals surface area contributed by atoms with Crippen LogP contribution in [0.2, 0.25) is 0 Å². The molecule has 0 saturated heterocycles. The van der Waals surface area contributed by atoms with Crippen molar-refractivity contribution >= 4 is 0 Å². The first-order chi connectivity index (χ1) is 3.27. The molecule has 0 fully saturated rings. The van der Waals surface area contributed by atoms with Crippen LogP contribution in [0.5, 0.6) is 0 Å². The lowest BCUT2D eigenvalue weighted by atomic mass is 10.6. The fraction of sp³-hybridized carbons (Fsp3) is 1.00. The monoisotopic (exact) mass is 123 g/mol. The topological polar surface area (TPSA) is 12.5 Å². The summed E-state index contributed by atoms with van der Waals surface area (Å²) in [5.41, 5.74) is 0. The van der Waals surface area contributed by atoms with Crippen molar-refractivity contribution in [3.63, 3.8) is 0 Å². The summed E-state index contributed by atoms with van der Waals surface area (Å²) in [5.74, 6) is 0. The zero-order valence-electron chi connectivity index (χ0n) is 5.68. The molecule has 0 N–H and O–H groups in total. The molecule has 0 heterocycles. The Bertz CT molecular complexity index is 41.4. The van der Waals surface area contributed by atoms with Crippen LogP contribution in [-0.4, -0.2) is 39.3 Å². The highest BCUT2D eigenvalue weighted by Gasteiger charge is 1.83. The van der Waals surface area contributed by atoms with Gasteiger partial charge in [0.1, 0.15) is 0 Å². The molecule has 0 bridgehead atoms. The number of methoxy groups -OCH3 is 1. The average Bonchev–Trinajstić information content (AvgIpc) is 1.61. The number of halogens is 1. The molecular weight excluding hydrogens is 109 g/mol. The molecule has 0 spiro atoms. The Hall–Kier alpha value is -0.150. The zero-order valence-corrected chi connectivity index (χ0v) is 5.68. The maximum absolute atomic E-state index is 4.81. The third-order valence-corrected chi connectivity index (χ3v) is 0.743. The van der Waals surface area contributed by atoms with Gasteiger partial charge in [0, 0.05) is 13.7 Å². The minimum absolute atomic E-state index is 0. The average molecular weight is 123 g/mol. The molecular formula is C5H14FNO. The predicted molar refractivity (Wildman–Crippen MR) is 32.9 cm³/mol. The molecule has 0 aliphatic rings. The molecule has 0 aromatic heterocycles. The highest BCUT2D eigenvalue weighted by molar-refractivity contribution is 4.36. The van der Waals surface area contributed by atoms with Gasteiger partial charge in [-0.25, -0.2) is 0 Å². The van der Waals surface area contributed by atoms with Crippen LogP contribution in [-0.2, 0) is 4.74 Å². The molecule has 0 amide bonds. The second kappa shape index (κ2) is 6.85. The van der Waals surface area contributed by atoms with Gasteiger partial charge in [0.25, 0.3) is 0 Å². The van der Waals surface area contributed by atoms with Gasteiger partial charge >= 0.3 is 0 Å². The van der Waals surface area contributed by atoms with Crippen molar-refractivity contribution in [3.05, 3.63) is 0 Å². The Balaban J connectivity index is 0. The Morgan fingerprint density at radius 2 is 1.88 bits per heavy atom. The fourth-order valence-corrected chi connectivity index (χ4v) is 0.274. The standard InChI is InChI=1S/C5H13NO.FH/c1-6(2)4-5-7-3;/h4-5H2,1-3H3;1H. The molecule has 0 rings (SSSR count). The summed E-state index contributed by atoms with van der Waals surface area (Å²) < 4.78 is 4.81. The third kappa shape index (κ3) is 9.28. The van der Waals surface area contributed by atoms with Gasteiger partial charge in [-0.1, -0.05) is 0 Å². The Morgan fingerprint density at radius 3 is 2.00 bits per heavy atom. The lowest BCUT2D eigenvalue weighted by molar-refractivity contribution is 0.172. The van der Waals surface area contributed by atoms with Crippen molar-refractivity contribution in [1.82, 2.24) is 4.90 Å². The van der Waals surface area contributed by atoms with Crippen molar-refractivity contribution in [1.29, 1.82) is 0 Å². The van der Waals surface area contributed by atoms with E-state index in [4.69, 9.17) is 4.74 Å². The van der Waals surface area contributed by atoms with E-state index in [1.54, 1.807) is 7.11 Å². The van der Waals surface area contributed by atoms with Crippen LogP contribution in [0.25, 0.3) is 0 Å². The first-order valence-electron chi connectivity index (χ1n) is 2.41. The van der Waals surface area contributed by atoms with Crippen molar-refractivity contribution in [3.8, 4) is 0 Å². The Kier molecular flexibility index (Phi) is 9.22. The highest BCUT2D eigenvalue weighted by Crippen LogP contribution is 1.71. The lowest BCUT2D eigenvalue weighted by Crippen LogP contribution is -2.16. The fourth-order valence-electron chi connectivity index (χ4n) is 0.274. The molecule has 3 heteroatoms. The number of rotatable bonds is 3. The number of ether oxygens (including phenoxy) is 1. The summed E-state index contributed by atoms with van der Waals surface area (Å²) in [6.45, 7) is 1.84. The zero-order chi connectivity index (χ0) is 5.70. The van der Waals surface area contributed by atoms with E-state index in [0.717, 1.165) is 13.2 Å². The molecule has 0 atom stereocenters. The van der Waals surface area contributed by atoms with Gasteiger partial charge in [-0.15, -0.1) is 0 Å². The van der Waals surface area contributed by atoms with Gasteiger partial charge in [0.15, 0.2) is 0 Å².